The van der Waals surface area contributed by atoms with Crippen LogP contribution in [0.25, 0.3) is 10.9 Å². The molecule has 7 heteroatoms. The van der Waals surface area contributed by atoms with Crippen LogP contribution in [0.1, 0.15) is 17.9 Å². The molecule has 1 aromatic heterocycles. The SMILES string of the molecule is Cl.N[C@@H]1CN(C(=O)CCn2ncc(=O)c3ccccc32)C[C@H]1c1ccccc1. The van der Waals surface area contributed by atoms with Crippen molar-refractivity contribution < 1.29 is 4.79 Å². The summed E-state index contributed by atoms with van der Waals surface area (Å²) in [6.45, 7) is 1.64. The molecule has 0 unspecified atom stereocenters. The molecule has 146 valence electrons. The molecule has 2 N–H and O–H groups in total. The van der Waals surface area contributed by atoms with Gasteiger partial charge < -0.3 is 10.6 Å². The Labute approximate surface area is 169 Å². The first kappa shape index (κ1) is 20.0. The van der Waals surface area contributed by atoms with Gasteiger partial charge in [0.15, 0.2) is 0 Å². The van der Waals surface area contributed by atoms with Gasteiger partial charge in [0.05, 0.1) is 18.3 Å². The van der Waals surface area contributed by atoms with E-state index in [1.54, 1.807) is 10.7 Å². The van der Waals surface area contributed by atoms with Crippen LogP contribution in [0, 0.1) is 0 Å². The second-order valence-electron chi connectivity index (χ2n) is 6.98. The molecule has 1 fully saturated rings. The number of nitrogens with two attached hydrogens (primary N) is 1. The van der Waals surface area contributed by atoms with E-state index in [0.29, 0.717) is 31.4 Å². The lowest BCUT2D eigenvalue weighted by Crippen LogP contribution is -2.32. The second-order valence-corrected chi connectivity index (χ2v) is 6.98. The van der Waals surface area contributed by atoms with Gasteiger partial charge in [-0.15, -0.1) is 12.4 Å². The topological polar surface area (TPSA) is 81.2 Å². The first-order chi connectivity index (χ1) is 13.1. The summed E-state index contributed by atoms with van der Waals surface area (Å²) in [5.41, 5.74) is 8.11. The third kappa shape index (κ3) is 3.93. The van der Waals surface area contributed by atoms with Gasteiger partial charge in [0, 0.05) is 36.9 Å². The third-order valence-corrected chi connectivity index (χ3v) is 5.24. The highest BCUT2D eigenvalue weighted by Gasteiger charge is 2.33. The van der Waals surface area contributed by atoms with Crippen molar-refractivity contribution in [3.8, 4) is 0 Å². The Morgan fingerprint density at radius 3 is 2.57 bits per heavy atom. The molecule has 0 bridgehead atoms. The van der Waals surface area contributed by atoms with Crippen LogP contribution in [0.5, 0.6) is 0 Å². The normalized spacial score (nSPS) is 18.8. The average molecular weight is 399 g/mol. The molecule has 2 aromatic carbocycles. The van der Waals surface area contributed by atoms with Crippen LogP contribution < -0.4 is 11.2 Å². The van der Waals surface area contributed by atoms with E-state index in [-0.39, 0.29) is 35.7 Å². The molecule has 4 rings (SSSR count). The number of fused-ring (bicyclic) bond motifs is 1. The molecule has 0 saturated carbocycles. The molecule has 0 spiro atoms. The van der Waals surface area contributed by atoms with Crippen molar-refractivity contribution in [3.05, 3.63) is 76.6 Å². The minimum absolute atomic E-state index is 0. The maximum absolute atomic E-state index is 12.7. The van der Waals surface area contributed by atoms with E-state index < -0.39 is 0 Å². The fourth-order valence-electron chi connectivity index (χ4n) is 3.78. The Balaban J connectivity index is 0.00000225. The highest BCUT2D eigenvalue weighted by atomic mass is 35.5. The van der Waals surface area contributed by atoms with Gasteiger partial charge in [-0.1, -0.05) is 42.5 Å². The van der Waals surface area contributed by atoms with Crippen LogP contribution in [-0.4, -0.2) is 39.7 Å². The highest BCUT2D eigenvalue weighted by molar-refractivity contribution is 5.85. The number of amides is 1. The van der Waals surface area contributed by atoms with Crippen LogP contribution >= 0.6 is 12.4 Å². The van der Waals surface area contributed by atoms with Gasteiger partial charge in [-0.25, -0.2) is 0 Å². The summed E-state index contributed by atoms with van der Waals surface area (Å²) in [5.74, 6) is 0.231. The van der Waals surface area contributed by atoms with Crippen molar-refractivity contribution in [1.29, 1.82) is 0 Å². The quantitative estimate of drug-likeness (QED) is 0.730. The van der Waals surface area contributed by atoms with Crippen molar-refractivity contribution in [2.75, 3.05) is 13.1 Å². The number of halogens is 1. The van der Waals surface area contributed by atoms with Crippen molar-refractivity contribution in [2.24, 2.45) is 5.73 Å². The molecule has 1 amide bonds. The van der Waals surface area contributed by atoms with Crippen LogP contribution in [0.4, 0.5) is 0 Å². The zero-order chi connectivity index (χ0) is 18.8. The summed E-state index contributed by atoms with van der Waals surface area (Å²) < 4.78 is 1.72. The Kier molecular flexibility index (Phi) is 6.11. The number of carbonyl (C=O) groups excluding carboxylic acids is 1. The standard InChI is InChI=1S/C21H22N4O2.ClH/c22-18-14-24(13-17(18)15-6-2-1-3-7-15)21(27)10-11-25-19-9-5-4-8-16(19)20(26)12-23-25;/h1-9,12,17-18H,10-11,13-14,22H2;1H/t17-,18+;/m0./s1. The van der Waals surface area contributed by atoms with E-state index in [1.807, 2.05) is 41.3 Å². The zero-order valence-electron chi connectivity index (χ0n) is 15.4. The van der Waals surface area contributed by atoms with E-state index in [1.165, 1.54) is 11.8 Å². The van der Waals surface area contributed by atoms with Crippen molar-refractivity contribution in [2.45, 2.75) is 24.9 Å². The van der Waals surface area contributed by atoms with Crippen LogP contribution in [0.2, 0.25) is 0 Å². The first-order valence-corrected chi connectivity index (χ1v) is 9.16. The van der Waals surface area contributed by atoms with Gasteiger partial charge in [-0.05, 0) is 17.7 Å². The van der Waals surface area contributed by atoms with Crippen LogP contribution in [0.3, 0.4) is 0 Å². The maximum atomic E-state index is 12.7. The molecule has 1 aliphatic heterocycles. The van der Waals surface area contributed by atoms with Gasteiger partial charge in [0.25, 0.3) is 0 Å². The van der Waals surface area contributed by atoms with Crippen molar-refractivity contribution >= 4 is 29.2 Å². The maximum Gasteiger partial charge on any atom is 0.224 e. The molecule has 0 radical (unpaired) electrons. The zero-order valence-corrected chi connectivity index (χ0v) is 16.2. The Bertz CT molecular complexity index is 1020. The Morgan fingerprint density at radius 2 is 1.79 bits per heavy atom. The number of hydrogen-bond donors (Lipinski definition) is 1. The summed E-state index contributed by atoms with van der Waals surface area (Å²) in [4.78, 5) is 26.5. The third-order valence-electron chi connectivity index (χ3n) is 5.24. The molecule has 6 nitrogen and oxygen atoms in total. The minimum atomic E-state index is -0.107. The van der Waals surface area contributed by atoms with E-state index in [0.717, 1.165) is 5.52 Å². The largest absolute Gasteiger partial charge is 0.340 e. The molecular weight excluding hydrogens is 376 g/mol. The number of likely N-dealkylation sites (tertiary alicyclic amines) is 1. The number of para-hydroxylation sites is 1. The molecule has 3 aromatic rings. The monoisotopic (exact) mass is 398 g/mol. The molecular formula is C21H23ClN4O2. The van der Waals surface area contributed by atoms with Gasteiger partial charge in [-0.2, -0.15) is 5.10 Å². The van der Waals surface area contributed by atoms with Crippen LogP contribution in [0.15, 0.2) is 65.6 Å². The number of aromatic nitrogens is 2. The van der Waals surface area contributed by atoms with E-state index in [2.05, 4.69) is 17.2 Å². The van der Waals surface area contributed by atoms with E-state index >= 15 is 0 Å². The number of aryl methyl sites for hydroxylation is 1. The summed E-state index contributed by atoms with van der Waals surface area (Å²) in [6.07, 6.45) is 1.64. The fraction of sp³-hybridized carbons (Fsp3) is 0.286. The predicted molar refractivity (Wildman–Crippen MR) is 112 cm³/mol. The van der Waals surface area contributed by atoms with E-state index in [9.17, 15) is 9.59 Å². The minimum Gasteiger partial charge on any atom is -0.340 e. The lowest BCUT2D eigenvalue weighted by molar-refractivity contribution is -0.130. The Morgan fingerprint density at radius 1 is 1.07 bits per heavy atom. The summed E-state index contributed by atoms with van der Waals surface area (Å²) in [6, 6.07) is 17.4. The number of carbonyl (C=O) groups is 1. The lowest BCUT2D eigenvalue weighted by atomic mass is 9.95. The smallest absolute Gasteiger partial charge is 0.224 e. The van der Waals surface area contributed by atoms with Gasteiger partial charge >= 0.3 is 0 Å². The van der Waals surface area contributed by atoms with Gasteiger partial charge in [-0.3, -0.25) is 14.3 Å². The summed E-state index contributed by atoms with van der Waals surface area (Å²) in [7, 11) is 0. The summed E-state index contributed by atoms with van der Waals surface area (Å²) in [5, 5.41) is 4.81. The molecule has 2 atom stereocenters. The highest BCUT2D eigenvalue weighted by Crippen LogP contribution is 2.26. The molecule has 1 saturated heterocycles. The number of hydrogen-bond acceptors (Lipinski definition) is 4. The number of nitrogens with zero attached hydrogens (tertiary/aromatic N) is 3. The van der Waals surface area contributed by atoms with Crippen LogP contribution in [-0.2, 0) is 11.3 Å². The predicted octanol–water partition coefficient (Wildman–Crippen LogP) is 2.16. The first-order valence-electron chi connectivity index (χ1n) is 9.16. The van der Waals surface area contributed by atoms with E-state index in [4.69, 9.17) is 5.73 Å². The molecule has 2 heterocycles. The fourth-order valence-corrected chi connectivity index (χ4v) is 3.78. The van der Waals surface area contributed by atoms with Crippen molar-refractivity contribution in [1.82, 2.24) is 14.7 Å². The lowest BCUT2D eigenvalue weighted by Gasteiger charge is -2.17. The number of benzene rings is 2. The molecule has 0 aliphatic carbocycles. The second kappa shape index (κ2) is 8.54. The van der Waals surface area contributed by atoms with Gasteiger partial charge in [0.1, 0.15) is 0 Å². The molecule has 1 aliphatic rings. The Hall–Kier alpha value is -2.70. The molecule has 28 heavy (non-hydrogen) atoms. The average Bonchev–Trinajstić information content (AvgIpc) is 3.10. The number of rotatable bonds is 4. The summed E-state index contributed by atoms with van der Waals surface area (Å²) >= 11 is 0. The van der Waals surface area contributed by atoms with Gasteiger partial charge in [0.2, 0.25) is 11.3 Å². The van der Waals surface area contributed by atoms with Crippen molar-refractivity contribution in [3.63, 3.8) is 0 Å².